The number of carboxylic acid groups (broad SMARTS) is 1. The number of ether oxygens (including phenoxy) is 2. The number of aliphatic carboxylic acids is 1. The lowest BCUT2D eigenvalue weighted by atomic mass is 10.1. The van der Waals surface area contributed by atoms with Crippen LogP contribution < -0.4 is 5.32 Å². The second-order valence-electron chi connectivity index (χ2n) is 7.15. The van der Waals surface area contributed by atoms with Crippen LogP contribution in [0.4, 0.5) is 9.59 Å². The molecule has 8 nitrogen and oxygen atoms in total. The van der Waals surface area contributed by atoms with Crippen molar-refractivity contribution in [3.8, 4) is 0 Å². The van der Waals surface area contributed by atoms with Crippen molar-refractivity contribution in [3.05, 3.63) is 48.7 Å². The van der Waals surface area contributed by atoms with Crippen LogP contribution in [0.15, 0.2) is 43.1 Å². The van der Waals surface area contributed by atoms with Crippen molar-refractivity contribution in [1.29, 1.82) is 0 Å². The third-order valence-electron chi connectivity index (χ3n) is 3.73. The highest BCUT2D eigenvalue weighted by Gasteiger charge is 2.26. The normalized spacial score (nSPS) is 12.2. The van der Waals surface area contributed by atoms with Crippen LogP contribution in [0.2, 0.25) is 0 Å². The van der Waals surface area contributed by atoms with Gasteiger partial charge in [0.25, 0.3) is 0 Å². The van der Waals surface area contributed by atoms with Gasteiger partial charge in [0.05, 0.1) is 5.52 Å². The molecule has 1 aromatic carbocycles. The molecule has 0 fully saturated rings. The molecule has 0 saturated heterocycles. The van der Waals surface area contributed by atoms with Crippen LogP contribution in [-0.4, -0.2) is 46.1 Å². The van der Waals surface area contributed by atoms with Gasteiger partial charge in [-0.25, -0.2) is 14.4 Å². The van der Waals surface area contributed by atoms with E-state index in [-0.39, 0.29) is 13.0 Å². The van der Waals surface area contributed by atoms with Gasteiger partial charge in [-0.2, -0.15) is 0 Å². The smallest absolute Gasteiger partial charge is 0.418 e. The second-order valence-corrected chi connectivity index (χ2v) is 7.15. The molecule has 0 saturated carbocycles. The standard InChI is InChI=1S/C20H24N2O6/c1-5-10-27-19(26)22-12-13(14-8-6-7-9-16(14)22)11-15(17(23)24)21-18(25)28-20(2,3)4/h5-9,12,15H,1,10-11H2,2-4H3,(H,21,25)(H,23,24)/t15-/m0/s1. The number of benzene rings is 1. The van der Waals surface area contributed by atoms with E-state index in [1.807, 2.05) is 0 Å². The van der Waals surface area contributed by atoms with Crippen molar-refractivity contribution >= 4 is 29.1 Å². The van der Waals surface area contributed by atoms with Gasteiger partial charge in [0, 0.05) is 18.0 Å². The Labute approximate surface area is 162 Å². The molecular formula is C20H24N2O6. The van der Waals surface area contributed by atoms with Crippen LogP contribution >= 0.6 is 0 Å². The van der Waals surface area contributed by atoms with Gasteiger partial charge in [0.1, 0.15) is 18.2 Å². The topological polar surface area (TPSA) is 107 Å². The molecular weight excluding hydrogens is 364 g/mol. The molecule has 0 spiro atoms. The highest BCUT2D eigenvalue weighted by atomic mass is 16.6. The molecule has 2 rings (SSSR count). The first-order valence-electron chi connectivity index (χ1n) is 8.71. The summed E-state index contributed by atoms with van der Waals surface area (Å²) in [6.45, 7) is 8.61. The first-order chi connectivity index (χ1) is 13.1. The maximum atomic E-state index is 12.3. The van der Waals surface area contributed by atoms with E-state index in [9.17, 15) is 19.5 Å². The number of aromatic nitrogens is 1. The molecule has 150 valence electrons. The van der Waals surface area contributed by atoms with Crippen LogP contribution in [-0.2, 0) is 20.7 Å². The Bertz CT molecular complexity index is 894. The summed E-state index contributed by atoms with van der Waals surface area (Å²) in [5, 5.41) is 12.6. The maximum absolute atomic E-state index is 12.3. The number of hydrogen-bond acceptors (Lipinski definition) is 5. The zero-order chi connectivity index (χ0) is 20.9. The number of nitrogens with zero attached hydrogens (tertiary/aromatic N) is 1. The molecule has 1 aromatic heterocycles. The van der Waals surface area contributed by atoms with E-state index in [0.717, 1.165) is 0 Å². The number of carboxylic acids is 1. The lowest BCUT2D eigenvalue weighted by Gasteiger charge is -2.22. The van der Waals surface area contributed by atoms with E-state index in [1.54, 1.807) is 45.0 Å². The predicted octanol–water partition coefficient (Wildman–Crippen LogP) is 3.33. The molecule has 0 aliphatic carbocycles. The molecule has 1 heterocycles. The number of nitrogens with one attached hydrogen (secondary N) is 1. The summed E-state index contributed by atoms with van der Waals surface area (Å²) in [5.41, 5.74) is 0.403. The minimum Gasteiger partial charge on any atom is -0.480 e. The number of fused-ring (bicyclic) bond motifs is 1. The Balaban J connectivity index is 2.30. The zero-order valence-electron chi connectivity index (χ0n) is 16.1. The summed E-state index contributed by atoms with van der Waals surface area (Å²) in [5.74, 6) is -1.21. The Kier molecular flexibility index (Phi) is 6.45. The van der Waals surface area contributed by atoms with Crippen molar-refractivity contribution < 1.29 is 29.0 Å². The summed E-state index contributed by atoms with van der Waals surface area (Å²) in [6.07, 6.45) is 1.51. The molecule has 2 aromatic rings. The van der Waals surface area contributed by atoms with Gasteiger partial charge in [-0.3, -0.25) is 4.57 Å². The molecule has 0 radical (unpaired) electrons. The van der Waals surface area contributed by atoms with Gasteiger partial charge in [-0.1, -0.05) is 30.9 Å². The van der Waals surface area contributed by atoms with Crippen molar-refractivity contribution in [1.82, 2.24) is 9.88 Å². The average Bonchev–Trinajstić information content (AvgIpc) is 2.96. The van der Waals surface area contributed by atoms with Crippen molar-refractivity contribution in [2.75, 3.05) is 6.61 Å². The Morgan fingerprint density at radius 1 is 1.29 bits per heavy atom. The minimum atomic E-state index is -1.22. The number of carbonyl (C=O) groups excluding carboxylic acids is 2. The molecule has 0 bridgehead atoms. The van der Waals surface area contributed by atoms with Gasteiger partial charge < -0.3 is 19.9 Å². The lowest BCUT2D eigenvalue weighted by Crippen LogP contribution is -2.44. The highest BCUT2D eigenvalue weighted by molar-refractivity contribution is 5.92. The van der Waals surface area contributed by atoms with Gasteiger partial charge in [0.2, 0.25) is 0 Å². The third-order valence-corrected chi connectivity index (χ3v) is 3.73. The number of amides is 1. The fourth-order valence-corrected chi connectivity index (χ4v) is 2.63. The van der Waals surface area contributed by atoms with Crippen molar-refractivity contribution in [3.63, 3.8) is 0 Å². The predicted molar refractivity (Wildman–Crippen MR) is 103 cm³/mol. The quantitative estimate of drug-likeness (QED) is 0.735. The second kappa shape index (κ2) is 8.60. The van der Waals surface area contributed by atoms with Gasteiger partial charge in [-0.05, 0) is 32.4 Å². The minimum absolute atomic E-state index is 0.0309. The molecule has 2 N–H and O–H groups in total. The number of carbonyl (C=O) groups is 3. The largest absolute Gasteiger partial charge is 0.480 e. The Hall–Kier alpha value is -3.29. The summed E-state index contributed by atoms with van der Waals surface area (Å²) in [7, 11) is 0. The Morgan fingerprint density at radius 3 is 2.57 bits per heavy atom. The van der Waals surface area contributed by atoms with Gasteiger partial charge >= 0.3 is 18.2 Å². The van der Waals surface area contributed by atoms with Crippen LogP contribution in [0.5, 0.6) is 0 Å². The molecule has 1 atom stereocenters. The number of alkyl carbamates (subject to hydrolysis) is 1. The van der Waals surface area contributed by atoms with E-state index in [4.69, 9.17) is 9.47 Å². The van der Waals surface area contributed by atoms with Crippen molar-refractivity contribution in [2.45, 2.75) is 38.8 Å². The van der Waals surface area contributed by atoms with Crippen LogP contribution in [0.25, 0.3) is 10.9 Å². The summed E-state index contributed by atoms with van der Waals surface area (Å²) >= 11 is 0. The fraction of sp³-hybridized carbons (Fsp3) is 0.350. The van der Waals surface area contributed by atoms with E-state index in [1.165, 1.54) is 16.8 Å². The maximum Gasteiger partial charge on any atom is 0.418 e. The average molecular weight is 388 g/mol. The molecule has 28 heavy (non-hydrogen) atoms. The monoisotopic (exact) mass is 388 g/mol. The summed E-state index contributed by atoms with van der Waals surface area (Å²) in [4.78, 5) is 35.9. The van der Waals surface area contributed by atoms with E-state index in [2.05, 4.69) is 11.9 Å². The van der Waals surface area contributed by atoms with Gasteiger partial charge in [-0.15, -0.1) is 0 Å². The zero-order valence-corrected chi connectivity index (χ0v) is 16.1. The van der Waals surface area contributed by atoms with Crippen LogP contribution in [0.1, 0.15) is 26.3 Å². The molecule has 1 amide bonds. The van der Waals surface area contributed by atoms with E-state index in [0.29, 0.717) is 16.5 Å². The van der Waals surface area contributed by atoms with Crippen LogP contribution in [0.3, 0.4) is 0 Å². The SMILES string of the molecule is C=CCOC(=O)n1cc(C[C@H](NC(=O)OC(C)(C)C)C(=O)O)c2ccccc21. The highest BCUT2D eigenvalue weighted by Crippen LogP contribution is 2.23. The molecule has 0 aliphatic rings. The van der Waals surface area contributed by atoms with Gasteiger partial charge in [0.15, 0.2) is 0 Å². The molecule has 8 heteroatoms. The van der Waals surface area contributed by atoms with Crippen LogP contribution in [0, 0.1) is 0 Å². The summed E-state index contributed by atoms with van der Waals surface area (Å²) < 4.78 is 11.5. The van der Waals surface area contributed by atoms with Crippen molar-refractivity contribution in [2.24, 2.45) is 0 Å². The number of para-hydroxylation sites is 1. The Morgan fingerprint density at radius 2 is 1.96 bits per heavy atom. The molecule has 0 aliphatic heterocycles. The summed E-state index contributed by atoms with van der Waals surface area (Å²) in [6, 6.07) is 5.82. The van der Waals surface area contributed by atoms with E-state index >= 15 is 0 Å². The fourth-order valence-electron chi connectivity index (χ4n) is 2.63. The molecule has 0 unspecified atom stereocenters. The third kappa shape index (κ3) is 5.35. The first kappa shape index (κ1) is 21.0. The van der Waals surface area contributed by atoms with E-state index < -0.39 is 29.8 Å². The number of rotatable bonds is 6. The number of hydrogen-bond donors (Lipinski definition) is 2. The lowest BCUT2D eigenvalue weighted by molar-refractivity contribution is -0.139. The first-order valence-corrected chi connectivity index (χ1v) is 8.71.